The van der Waals surface area contributed by atoms with Crippen LogP contribution in [0.15, 0.2) is 16.7 Å². The quantitative estimate of drug-likeness (QED) is 0.683. The lowest BCUT2D eigenvalue weighted by molar-refractivity contribution is 1.30. The number of hydrogen-bond donors (Lipinski definition) is 1. The highest BCUT2D eigenvalue weighted by atomic mass is 79.9. The number of nitrogen functional groups attached to an aromatic ring is 1. The standard InChI is InChI=1S/C6H4BrN3/c7-5-4(3-8)1-2-10-6(5)9/h1-2H,(H2,9,10). The Balaban J connectivity index is 3.31. The van der Waals surface area contributed by atoms with Gasteiger partial charge in [-0.05, 0) is 22.0 Å². The zero-order valence-corrected chi connectivity index (χ0v) is 6.59. The van der Waals surface area contributed by atoms with Crippen molar-refractivity contribution in [3.63, 3.8) is 0 Å². The maximum atomic E-state index is 8.48. The van der Waals surface area contributed by atoms with Crippen LogP contribution in [0.25, 0.3) is 0 Å². The van der Waals surface area contributed by atoms with Crippen molar-refractivity contribution in [2.45, 2.75) is 0 Å². The summed E-state index contributed by atoms with van der Waals surface area (Å²) in [5.74, 6) is 0.346. The third kappa shape index (κ3) is 1.09. The molecule has 0 amide bonds. The van der Waals surface area contributed by atoms with Crippen molar-refractivity contribution in [3.05, 3.63) is 22.3 Å². The summed E-state index contributed by atoms with van der Waals surface area (Å²) < 4.78 is 0.567. The number of hydrogen-bond acceptors (Lipinski definition) is 3. The van der Waals surface area contributed by atoms with Crippen LogP contribution in [0.4, 0.5) is 5.82 Å². The van der Waals surface area contributed by atoms with Gasteiger partial charge in [0.2, 0.25) is 0 Å². The molecule has 1 heterocycles. The first-order valence-electron chi connectivity index (χ1n) is 2.56. The van der Waals surface area contributed by atoms with Crippen molar-refractivity contribution in [3.8, 4) is 6.07 Å². The third-order valence-corrected chi connectivity index (χ3v) is 1.87. The van der Waals surface area contributed by atoms with Gasteiger partial charge < -0.3 is 5.73 Å². The highest BCUT2D eigenvalue weighted by Gasteiger charge is 2.00. The minimum atomic E-state index is 0.346. The smallest absolute Gasteiger partial charge is 0.139 e. The molecule has 0 aliphatic rings. The van der Waals surface area contributed by atoms with E-state index in [4.69, 9.17) is 11.0 Å². The molecular weight excluding hydrogens is 194 g/mol. The van der Waals surface area contributed by atoms with Gasteiger partial charge in [-0.15, -0.1) is 0 Å². The van der Waals surface area contributed by atoms with E-state index >= 15 is 0 Å². The van der Waals surface area contributed by atoms with E-state index < -0.39 is 0 Å². The Morgan fingerprint density at radius 1 is 1.70 bits per heavy atom. The maximum absolute atomic E-state index is 8.48. The van der Waals surface area contributed by atoms with E-state index in [0.29, 0.717) is 15.9 Å². The first-order chi connectivity index (χ1) is 4.75. The highest BCUT2D eigenvalue weighted by Crippen LogP contribution is 2.19. The predicted octanol–water partition coefficient (Wildman–Crippen LogP) is 1.30. The van der Waals surface area contributed by atoms with Gasteiger partial charge in [-0.25, -0.2) is 4.98 Å². The first-order valence-corrected chi connectivity index (χ1v) is 3.35. The molecule has 50 valence electrons. The number of pyridine rings is 1. The van der Waals surface area contributed by atoms with Crippen LogP contribution in [0.2, 0.25) is 0 Å². The molecule has 0 fully saturated rings. The molecule has 0 unspecified atom stereocenters. The number of nitrogens with two attached hydrogens (primary N) is 1. The predicted molar refractivity (Wildman–Crippen MR) is 41.1 cm³/mol. The Bertz CT molecular complexity index is 290. The van der Waals surface area contributed by atoms with E-state index in [1.807, 2.05) is 6.07 Å². The lowest BCUT2D eigenvalue weighted by Crippen LogP contribution is -1.92. The summed E-state index contributed by atoms with van der Waals surface area (Å²) in [5.41, 5.74) is 5.89. The minimum Gasteiger partial charge on any atom is -0.383 e. The van der Waals surface area contributed by atoms with E-state index in [-0.39, 0.29) is 0 Å². The SMILES string of the molecule is N#Cc1ccnc(N)c1Br. The van der Waals surface area contributed by atoms with Crippen LogP contribution in [-0.4, -0.2) is 4.98 Å². The van der Waals surface area contributed by atoms with Crippen LogP contribution < -0.4 is 5.73 Å². The van der Waals surface area contributed by atoms with Gasteiger partial charge in [0.1, 0.15) is 11.9 Å². The number of halogens is 1. The molecule has 0 aliphatic carbocycles. The minimum absolute atomic E-state index is 0.346. The molecule has 3 nitrogen and oxygen atoms in total. The van der Waals surface area contributed by atoms with Gasteiger partial charge in [-0.2, -0.15) is 5.26 Å². The normalized spacial score (nSPS) is 8.80. The molecule has 0 radical (unpaired) electrons. The van der Waals surface area contributed by atoms with Crippen molar-refractivity contribution in [2.75, 3.05) is 5.73 Å². The monoisotopic (exact) mass is 197 g/mol. The van der Waals surface area contributed by atoms with Crippen LogP contribution in [-0.2, 0) is 0 Å². The van der Waals surface area contributed by atoms with E-state index in [9.17, 15) is 0 Å². The number of nitrogens with zero attached hydrogens (tertiary/aromatic N) is 2. The van der Waals surface area contributed by atoms with Gasteiger partial charge >= 0.3 is 0 Å². The molecule has 0 aromatic carbocycles. The van der Waals surface area contributed by atoms with E-state index in [1.165, 1.54) is 6.20 Å². The van der Waals surface area contributed by atoms with Crippen molar-refractivity contribution in [1.29, 1.82) is 5.26 Å². The Hall–Kier alpha value is -1.08. The second-order valence-corrected chi connectivity index (χ2v) is 2.46. The second-order valence-electron chi connectivity index (χ2n) is 1.67. The zero-order chi connectivity index (χ0) is 7.56. The Morgan fingerprint density at radius 3 is 2.90 bits per heavy atom. The van der Waals surface area contributed by atoms with Crippen LogP contribution >= 0.6 is 15.9 Å². The van der Waals surface area contributed by atoms with Crippen molar-refractivity contribution in [2.24, 2.45) is 0 Å². The van der Waals surface area contributed by atoms with Crippen molar-refractivity contribution < 1.29 is 0 Å². The molecule has 1 aromatic rings. The topological polar surface area (TPSA) is 62.7 Å². The summed E-state index contributed by atoms with van der Waals surface area (Å²) in [6, 6.07) is 3.57. The van der Waals surface area contributed by atoms with E-state index in [2.05, 4.69) is 20.9 Å². The zero-order valence-electron chi connectivity index (χ0n) is 5.00. The molecule has 0 aliphatic heterocycles. The fourth-order valence-corrected chi connectivity index (χ4v) is 0.869. The molecule has 1 aromatic heterocycles. The maximum Gasteiger partial charge on any atom is 0.139 e. The van der Waals surface area contributed by atoms with Gasteiger partial charge in [0.15, 0.2) is 0 Å². The van der Waals surface area contributed by atoms with Crippen molar-refractivity contribution in [1.82, 2.24) is 4.98 Å². The fourth-order valence-electron chi connectivity index (χ4n) is 0.546. The molecule has 1 rings (SSSR count). The Morgan fingerprint density at radius 2 is 2.40 bits per heavy atom. The molecule has 0 spiro atoms. The van der Waals surface area contributed by atoms with Gasteiger partial charge in [0.25, 0.3) is 0 Å². The first kappa shape index (κ1) is 7.03. The van der Waals surface area contributed by atoms with Crippen LogP contribution in [0.3, 0.4) is 0 Å². The molecule has 2 N–H and O–H groups in total. The average Bonchev–Trinajstić information content (AvgIpc) is 1.95. The summed E-state index contributed by atoms with van der Waals surface area (Å²) >= 11 is 3.13. The number of aromatic nitrogens is 1. The lowest BCUT2D eigenvalue weighted by Gasteiger charge is -1.95. The number of rotatable bonds is 0. The van der Waals surface area contributed by atoms with Gasteiger partial charge in [0.05, 0.1) is 10.0 Å². The summed E-state index contributed by atoms with van der Waals surface area (Å²) in [5, 5.41) is 8.48. The van der Waals surface area contributed by atoms with Crippen LogP contribution in [0.1, 0.15) is 5.56 Å². The molecule has 0 saturated heterocycles. The average molecular weight is 198 g/mol. The second kappa shape index (κ2) is 2.67. The number of nitriles is 1. The Labute approximate surface area is 66.6 Å². The van der Waals surface area contributed by atoms with E-state index in [1.54, 1.807) is 6.07 Å². The molecular formula is C6H4BrN3. The lowest BCUT2D eigenvalue weighted by atomic mass is 10.3. The van der Waals surface area contributed by atoms with Crippen LogP contribution in [0.5, 0.6) is 0 Å². The van der Waals surface area contributed by atoms with Gasteiger partial charge in [-0.3, -0.25) is 0 Å². The van der Waals surface area contributed by atoms with E-state index in [0.717, 1.165) is 0 Å². The number of anilines is 1. The van der Waals surface area contributed by atoms with Crippen molar-refractivity contribution >= 4 is 21.7 Å². The summed E-state index contributed by atoms with van der Waals surface area (Å²) in [6.07, 6.45) is 1.50. The molecule has 10 heavy (non-hydrogen) atoms. The largest absolute Gasteiger partial charge is 0.383 e. The summed E-state index contributed by atoms with van der Waals surface area (Å²) in [4.78, 5) is 3.77. The Kier molecular flexibility index (Phi) is 1.88. The molecule has 0 atom stereocenters. The molecule has 0 saturated carbocycles. The van der Waals surface area contributed by atoms with Crippen LogP contribution in [0, 0.1) is 11.3 Å². The van der Waals surface area contributed by atoms with Gasteiger partial charge in [0, 0.05) is 6.20 Å². The molecule has 4 heteroatoms. The van der Waals surface area contributed by atoms with Gasteiger partial charge in [-0.1, -0.05) is 0 Å². The third-order valence-electron chi connectivity index (χ3n) is 1.04. The highest BCUT2D eigenvalue weighted by molar-refractivity contribution is 9.10. The summed E-state index contributed by atoms with van der Waals surface area (Å²) in [6.45, 7) is 0. The summed E-state index contributed by atoms with van der Waals surface area (Å²) in [7, 11) is 0. The molecule has 0 bridgehead atoms. The fraction of sp³-hybridized carbons (Fsp3) is 0.